The smallest absolute Gasteiger partial charge is 0.172 e. The van der Waals surface area contributed by atoms with E-state index in [1.807, 2.05) is 36.4 Å². The number of aldehydes is 1. The average Bonchev–Trinajstić information content (AvgIpc) is 3.09. The number of hydrogen-bond donors (Lipinski definition) is 0. The van der Waals surface area contributed by atoms with Gasteiger partial charge in [0, 0.05) is 16.0 Å². The minimum atomic E-state index is 0.00654. The molecule has 27 heavy (non-hydrogen) atoms. The van der Waals surface area contributed by atoms with Crippen molar-refractivity contribution in [3.63, 3.8) is 0 Å². The molecule has 3 rings (SSSR count). The molecule has 1 heterocycles. The lowest BCUT2D eigenvalue weighted by Crippen LogP contribution is -2.05. The highest BCUT2D eigenvalue weighted by Gasteiger charge is 2.15. The van der Waals surface area contributed by atoms with Crippen molar-refractivity contribution in [3.05, 3.63) is 81.4 Å². The molecule has 0 radical (unpaired) electrons. The van der Waals surface area contributed by atoms with E-state index in [1.54, 1.807) is 16.8 Å². The Morgan fingerprint density at radius 3 is 2.41 bits per heavy atom. The fraction of sp³-hybridized carbons (Fsp3) is 0.158. The summed E-state index contributed by atoms with van der Waals surface area (Å²) in [6.07, 6.45) is 0.672. The fourth-order valence-corrected chi connectivity index (χ4v) is 2.71. The van der Waals surface area contributed by atoms with E-state index in [2.05, 4.69) is 20.3 Å². The molecule has 0 bridgehead atoms. The van der Waals surface area contributed by atoms with Crippen LogP contribution in [0, 0.1) is 0 Å². The van der Waals surface area contributed by atoms with Crippen molar-refractivity contribution in [2.75, 3.05) is 0 Å². The monoisotopic (exact) mass is 360 g/mol. The number of aromatic nitrogens is 3. The molecule has 0 saturated carbocycles. The van der Waals surface area contributed by atoms with Crippen molar-refractivity contribution >= 4 is 12.1 Å². The molecule has 0 aliphatic carbocycles. The lowest BCUT2D eigenvalue weighted by atomic mass is 10.1. The van der Waals surface area contributed by atoms with E-state index in [9.17, 15) is 9.59 Å². The molecule has 0 amide bonds. The van der Waals surface area contributed by atoms with Gasteiger partial charge in [0.15, 0.2) is 17.8 Å². The number of rotatable bonds is 7. The summed E-state index contributed by atoms with van der Waals surface area (Å²) in [4.78, 5) is 25.5. The van der Waals surface area contributed by atoms with Crippen LogP contribution in [0.25, 0.3) is 21.7 Å². The van der Waals surface area contributed by atoms with E-state index < -0.39 is 0 Å². The Morgan fingerprint density at radius 1 is 1.15 bits per heavy atom. The van der Waals surface area contributed by atoms with Crippen molar-refractivity contribution in [2.45, 2.75) is 20.0 Å². The average molecular weight is 360 g/mol. The SMILES string of the molecule is CC(=O)c1ccc(Cn2nnc(C=O)c2-c2ccc(CN=[N+]=[N-])cc2)cc1. The predicted molar refractivity (Wildman–Crippen MR) is 99.2 cm³/mol. The lowest BCUT2D eigenvalue weighted by Gasteiger charge is -2.08. The first kappa shape index (κ1) is 18.0. The van der Waals surface area contributed by atoms with Gasteiger partial charge in [0.2, 0.25) is 0 Å². The zero-order valence-corrected chi connectivity index (χ0v) is 14.6. The van der Waals surface area contributed by atoms with Gasteiger partial charge in [-0.05, 0) is 23.6 Å². The van der Waals surface area contributed by atoms with Crippen molar-refractivity contribution in [1.29, 1.82) is 0 Å². The molecular weight excluding hydrogens is 344 g/mol. The summed E-state index contributed by atoms with van der Waals surface area (Å²) in [6.45, 7) is 2.19. The summed E-state index contributed by atoms with van der Waals surface area (Å²) in [6, 6.07) is 14.6. The maximum atomic E-state index is 11.4. The molecule has 0 aliphatic rings. The summed E-state index contributed by atoms with van der Waals surface area (Å²) in [5, 5.41) is 11.6. The molecule has 8 nitrogen and oxygen atoms in total. The molecule has 1 aromatic heterocycles. The van der Waals surface area contributed by atoms with Crippen LogP contribution in [0.5, 0.6) is 0 Å². The zero-order valence-electron chi connectivity index (χ0n) is 14.6. The molecule has 0 unspecified atom stereocenters. The minimum absolute atomic E-state index is 0.00654. The standard InChI is InChI=1S/C19H16N6O2/c1-13(27)16-6-4-15(5-7-16)11-25-19(18(12-26)22-24-25)17-8-2-14(3-9-17)10-21-23-20/h2-9,12H,10-11H2,1H3. The summed E-state index contributed by atoms with van der Waals surface area (Å²) < 4.78 is 1.65. The van der Waals surface area contributed by atoms with Gasteiger partial charge in [0.05, 0.1) is 18.8 Å². The van der Waals surface area contributed by atoms with E-state index >= 15 is 0 Å². The molecule has 134 valence electrons. The largest absolute Gasteiger partial charge is 0.296 e. The second-order valence-corrected chi connectivity index (χ2v) is 5.94. The number of Topliss-reactive ketones (excluding diaryl/α,β-unsaturated/α-hetero) is 1. The Hall–Kier alpha value is -3.77. The second kappa shape index (κ2) is 8.07. The van der Waals surface area contributed by atoms with Gasteiger partial charge in [-0.3, -0.25) is 9.59 Å². The fourth-order valence-electron chi connectivity index (χ4n) is 2.71. The maximum Gasteiger partial charge on any atom is 0.172 e. The van der Waals surface area contributed by atoms with Gasteiger partial charge in [-0.25, -0.2) is 4.68 Å². The number of carbonyl (C=O) groups is 2. The van der Waals surface area contributed by atoms with Crippen molar-refractivity contribution in [1.82, 2.24) is 15.0 Å². The van der Waals surface area contributed by atoms with Crippen LogP contribution in [0.2, 0.25) is 0 Å². The van der Waals surface area contributed by atoms with Gasteiger partial charge in [-0.2, -0.15) is 0 Å². The summed E-state index contributed by atoms with van der Waals surface area (Å²) in [5.74, 6) is 0.00654. The topological polar surface area (TPSA) is 114 Å². The molecule has 0 saturated heterocycles. The van der Waals surface area contributed by atoms with Gasteiger partial charge < -0.3 is 0 Å². The Kier molecular flexibility index (Phi) is 5.39. The van der Waals surface area contributed by atoms with Gasteiger partial charge in [0.1, 0.15) is 0 Å². The highest BCUT2D eigenvalue weighted by atomic mass is 16.1. The molecule has 0 spiro atoms. The molecule has 0 fully saturated rings. The Bertz CT molecular complexity index is 1020. The second-order valence-electron chi connectivity index (χ2n) is 5.94. The quantitative estimate of drug-likeness (QED) is 0.209. The minimum Gasteiger partial charge on any atom is -0.296 e. The number of carbonyl (C=O) groups excluding carboxylic acids is 2. The summed E-state index contributed by atoms with van der Waals surface area (Å²) in [7, 11) is 0. The van der Waals surface area contributed by atoms with Crippen LogP contribution in [-0.4, -0.2) is 27.1 Å². The van der Waals surface area contributed by atoms with E-state index in [0.29, 0.717) is 24.1 Å². The molecule has 2 aromatic carbocycles. The van der Waals surface area contributed by atoms with E-state index in [4.69, 9.17) is 5.53 Å². The molecule has 0 N–H and O–H groups in total. The maximum absolute atomic E-state index is 11.4. The van der Waals surface area contributed by atoms with Crippen LogP contribution < -0.4 is 0 Å². The third kappa shape index (κ3) is 4.08. The third-order valence-corrected chi connectivity index (χ3v) is 4.11. The first-order valence-corrected chi connectivity index (χ1v) is 8.21. The normalized spacial score (nSPS) is 10.3. The van der Waals surface area contributed by atoms with E-state index in [-0.39, 0.29) is 18.0 Å². The number of ketones is 1. The van der Waals surface area contributed by atoms with Crippen LogP contribution in [0.15, 0.2) is 53.6 Å². The zero-order chi connectivity index (χ0) is 19.2. The van der Waals surface area contributed by atoms with Crippen molar-refractivity contribution < 1.29 is 9.59 Å². The van der Waals surface area contributed by atoms with Crippen LogP contribution in [0.4, 0.5) is 0 Å². The van der Waals surface area contributed by atoms with Gasteiger partial charge in [-0.15, -0.1) is 5.10 Å². The summed E-state index contributed by atoms with van der Waals surface area (Å²) in [5.41, 5.74) is 12.5. The van der Waals surface area contributed by atoms with Crippen LogP contribution in [0.1, 0.15) is 38.9 Å². The van der Waals surface area contributed by atoms with Crippen LogP contribution >= 0.6 is 0 Å². The van der Waals surface area contributed by atoms with Crippen LogP contribution in [0.3, 0.4) is 0 Å². The molecule has 0 atom stereocenters. The highest BCUT2D eigenvalue weighted by Crippen LogP contribution is 2.23. The molecule has 3 aromatic rings. The van der Waals surface area contributed by atoms with Gasteiger partial charge in [-0.1, -0.05) is 58.9 Å². The first-order valence-electron chi connectivity index (χ1n) is 8.21. The van der Waals surface area contributed by atoms with Gasteiger partial charge in [0.25, 0.3) is 0 Å². The van der Waals surface area contributed by atoms with E-state index in [0.717, 1.165) is 16.7 Å². The third-order valence-electron chi connectivity index (χ3n) is 4.11. The Balaban J connectivity index is 1.91. The van der Waals surface area contributed by atoms with E-state index in [1.165, 1.54) is 6.92 Å². The molecule has 0 aliphatic heterocycles. The molecular formula is C19H16N6O2. The Labute approximate surface area is 155 Å². The highest BCUT2D eigenvalue weighted by molar-refractivity contribution is 5.94. The number of azide groups is 1. The number of benzene rings is 2. The summed E-state index contributed by atoms with van der Waals surface area (Å²) >= 11 is 0. The van der Waals surface area contributed by atoms with Crippen LogP contribution in [-0.2, 0) is 13.1 Å². The number of nitrogens with zero attached hydrogens (tertiary/aromatic N) is 6. The molecule has 8 heteroatoms. The lowest BCUT2D eigenvalue weighted by molar-refractivity contribution is 0.101. The predicted octanol–water partition coefficient (Wildman–Crippen LogP) is 3.82. The number of hydrogen-bond acceptors (Lipinski definition) is 5. The van der Waals surface area contributed by atoms with Gasteiger partial charge >= 0.3 is 0 Å². The van der Waals surface area contributed by atoms with Crippen molar-refractivity contribution in [2.24, 2.45) is 5.11 Å². The Morgan fingerprint density at radius 2 is 1.81 bits per heavy atom. The van der Waals surface area contributed by atoms with Crippen molar-refractivity contribution in [3.8, 4) is 11.3 Å². The first-order chi connectivity index (χ1) is 13.1.